The molecule has 0 aliphatic rings. The van der Waals surface area contributed by atoms with E-state index in [1.807, 2.05) is 57.2 Å². The number of rotatable bonds is 8. The van der Waals surface area contributed by atoms with Crippen LogP contribution >= 0.6 is 25.3 Å². The van der Waals surface area contributed by atoms with Gasteiger partial charge in [0.1, 0.15) is 11.7 Å². The molecule has 0 saturated carbocycles. The number of hydrogen-bond donors (Lipinski definition) is 4. The monoisotopic (exact) mass is 414 g/mol. The van der Waals surface area contributed by atoms with Crippen LogP contribution in [0.5, 0.6) is 0 Å². The second kappa shape index (κ2) is 15.7. The average molecular weight is 415 g/mol. The van der Waals surface area contributed by atoms with Crippen molar-refractivity contribution in [2.24, 2.45) is 4.99 Å². The van der Waals surface area contributed by atoms with Crippen molar-refractivity contribution in [3.05, 3.63) is 71.4 Å². The summed E-state index contributed by atoms with van der Waals surface area (Å²) >= 11 is 8.57. The number of thiol groups is 2. The molecule has 0 radical (unpaired) electrons. The van der Waals surface area contributed by atoms with Crippen LogP contribution in [0.15, 0.2) is 81.3 Å². The summed E-state index contributed by atoms with van der Waals surface area (Å²) < 4.78 is 0. The average Bonchev–Trinajstić information content (AvgIpc) is 2.72. The first kappa shape index (κ1) is 25.6. The number of nitrogens with zero attached hydrogens (tertiary/aromatic N) is 2. The molecule has 150 valence electrons. The largest absolute Gasteiger partial charge is 0.341 e. The van der Waals surface area contributed by atoms with E-state index in [4.69, 9.17) is 0 Å². The van der Waals surface area contributed by atoms with E-state index >= 15 is 0 Å². The lowest BCUT2D eigenvalue weighted by atomic mass is 10.2. The molecule has 0 amide bonds. The number of nitriles is 1. The van der Waals surface area contributed by atoms with Crippen molar-refractivity contribution in [1.82, 2.24) is 5.32 Å². The summed E-state index contributed by atoms with van der Waals surface area (Å²) in [6, 6.07) is 9.74. The minimum atomic E-state index is 0.512. The van der Waals surface area contributed by atoms with E-state index < -0.39 is 0 Å². The van der Waals surface area contributed by atoms with Gasteiger partial charge in [-0.3, -0.25) is 4.99 Å². The molecule has 6 heteroatoms. The van der Waals surface area contributed by atoms with E-state index in [-0.39, 0.29) is 0 Å². The molecule has 1 rings (SSSR count). The number of aliphatic imine (C=N–C) groups is 1. The van der Waals surface area contributed by atoms with Crippen molar-refractivity contribution in [1.29, 1.82) is 5.26 Å². The molecule has 0 fully saturated rings. The van der Waals surface area contributed by atoms with E-state index in [2.05, 4.69) is 53.5 Å². The number of anilines is 1. The third-order valence-corrected chi connectivity index (χ3v) is 3.84. The maximum Gasteiger partial charge on any atom is 0.122 e. The lowest BCUT2D eigenvalue weighted by Gasteiger charge is -2.15. The fourth-order valence-electron chi connectivity index (χ4n) is 1.86. The summed E-state index contributed by atoms with van der Waals surface area (Å²) in [6.45, 7) is 11.9. The van der Waals surface area contributed by atoms with Crippen molar-refractivity contribution in [3.8, 4) is 6.07 Å². The smallest absolute Gasteiger partial charge is 0.122 e. The Morgan fingerprint density at radius 2 is 1.93 bits per heavy atom. The van der Waals surface area contributed by atoms with E-state index in [1.54, 1.807) is 19.1 Å². The zero-order valence-electron chi connectivity index (χ0n) is 17.0. The zero-order chi connectivity index (χ0) is 21.4. The van der Waals surface area contributed by atoms with Crippen LogP contribution in [0, 0.1) is 11.3 Å². The quantitative estimate of drug-likeness (QED) is 0.136. The van der Waals surface area contributed by atoms with Gasteiger partial charge in [0, 0.05) is 21.9 Å². The van der Waals surface area contributed by atoms with E-state index in [9.17, 15) is 5.26 Å². The molecule has 4 nitrogen and oxygen atoms in total. The van der Waals surface area contributed by atoms with Crippen LogP contribution in [-0.2, 0) is 0 Å². The number of nitrogens with one attached hydrogen (secondary N) is 2. The van der Waals surface area contributed by atoms with Crippen LogP contribution in [0.25, 0.3) is 0 Å². The van der Waals surface area contributed by atoms with Crippen molar-refractivity contribution < 1.29 is 0 Å². The zero-order valence-corrected chi connectivity index (χ0v) is 18.8. The van der Waals surface area contributed by atoms with Gasteiger partial charge < -0.3 is 10.6 Å². The normalized spacial score (nSPS) is 12.5. The third-order valence-electron chi connectivity index (χ3n) is 3.25. The Balaban J connectivity index is 0.00000352. The van der Waals surface area contributed by atoms with Crippen molar-refractivity contribution in [2.45, 2.75) is 39.0 Å². The lowest BCUT2D eigenvalue weighted by molar-refractivity contribution is 1.01. The van der Waals surface area contributed by atoms with Crippen LogP contribution in [0.4, 0.5) is 5.69 Å². The third kappa shape index (κ3) is 10.7. The van der Waals surface area contributed by atoms with Gasteiger partial charge in [-0.2, -0.15) is 5.26 Å². The maximum absolute atomic E-state index is 9.26. The summed E-state index contributed by atoms with van der Waals surface area (Å²) in [7, 11) is 0. The Kier molecular flexibility index (Phi) is 14.4. The fraction of sp³-hybridized carbons (Fsp3) is 0.273. The molecule has 0 atom stereocenters. The first-order valence-corrected chi connectivity index (χ1v) is 10.0. The molecule has 0 unspecified atom stereocenters. The summed E-state index contributed by atoms with van der Waals surface area (Å²) in [5.74, 6) is 1.40. The molecular weight excluding hydrogens is 384 g/mol. The minimum absolute atomic E-state index is 0.512. The Hall–Kier alpha value is -2.36. The summed E-state index contributed by atoms with van der Waals surface area (Å²) in [4.78, 5) is 6.22. The van der Waals surface area contributed by atoms with E-state index in [0.717, 1.165) is 21.3 Å². The first-order chi connectivity index (χ1) is 13.5. The summed E-state index contributed by atoms with van der Waals surface area (Å²) in [5, 5.41) is 15.7. The highest BCUT2D eigenvalue weighted by Gasteiger charge is 2.06. The first-order valence-electron chi connectivity index (χ1n) is 9.15. The fourth-order valence-corrected chi connectivity index (χ4v) is 2.22. The molecule has 0 bridgehead atoms. The molecule has 28 heavy (non-hydrogen) atoms. The molecule has 0 aromatic heterocycles. The van der Waals surface area contributed by atoms with Gasteiger partial charge >= 0.3 is 0 Å². The Labute approximate surface area is 180 Å². The molecule has 2 N–H and O–H groups in total. The number of benzene rings is 1. The standard InChI is InChI=1S/C20H24N4S2.C2H6/c1-4-7-17(25)8-6-13-22-19(5-2)24-20(15(3)14-21)23-16-9-11-18(26)12-10-16;1-2/h4,6-12,23,25-26H,1,5,13H2,2-3H3,(H,22,24);1-2H3/b8-6-,17-7+,20-15+;. The maximum atomic E-state index is 9.26. The molecule has 0 saturated heterocycles. The number of hydrogen-bond acceptors (Lipinski definition) is 5. The number of allylic oxidation sites excluding steroid dienone is 4. The van der Waals surface area contributed by atoms with E-state index in [0.29, 0.717) is 24.4 Å². The molecule has 0 aliphatic heterocycles. The second-order valence-electron chi connectivity index (χ2n) is 5.28. The molecule has 1 aromatic rings. The van der Waals surface area contributed by atoms with Crippen molar-refractivity contribution in [3.63, 3.8) is 0 Å². The molecule has 0 heterocycles. The predicted molar refractivity (Wildman–Crippen MR) is 129 cm³/mol. The van der Waals surface area contributed by atoms with Gasteiger partial charge in [-0.05, 0) is 37.3 Å². The van der Waals surface area contributed by atoms with Crippen LogP contribution < -0.4 is 10.6 Å². The SMILES string of the molecule is C=C/C=C(S)\C=C/CN=C(CC)N/C(Nc1ccc(S)cc1)=C(\C)C#N.CC. The Bertz CT molecular complexity index is 767. The summed E-state index contributed by atoms with van der Waals surface area (Å²) in [6.07, 6.45) is 7.99. The van der Waals surface area contributed by atoms with Crippen molar-refractivity contribution >= 4 is 36.8 Å². The van der Waals surface area contributed by atoms with Crippen LogP contribution in [-0.4, -0.2) is 12.4 Å². The van der Waals surface area contributed by atoms with Crippen LogP contribution in [0.2, 0.25) is 0 Å². The Morgan fingerprint density at radius 1 is 1.29 bits per heavy atom. The van der Waals surface area contributed by atoms with Gasteiger partial charge in [0.15, 0.2) is 0 Å². The molecule has 0 spiro atoms. The van der Waals surface area contributed by atoms with Gasteiger partial charge in [0.25, 0.3) is 0 Å². The topological polar surface area (TPSA) is 60.2 Å². The second-order valence-corrected chi connectivity index (χ2v) is 6.31. The highest BCUT2D eigenvalue weighted by Crippen LogP contribution is 2.15. The Morgan fingerprint density at radius 3 is 2.46 bits per heavy atom. The van der Waals surface area contributed by atoms with Crippen LogP contribution in [0.3, 0.4) is 0 Å². The predicted octanol–water partition coefficient (Wildman–Crippen LogP) is 6.12. The highest BCUT2D eigenvalue weighted by molar-refractivity contribution is 7.84. The van der Waals surface area contributed by atoms with Gasteiger partial charge in [-0.25, -0.2) is 0 Å². The van der Waals surface area contributed by atoms with Crippen LogP contribution in [0.1, 0.15) is 34.1 Å². The van der Waals surface area contributed by atoms with Gasteiger partial charge in [-0.1, -0.05) is 45.6 Å². The van der Waals surface area contributed by atoms with Gasteiger partial charge in [-0.15, -0.1) is 25.3 Å². The van der Waals surface area contributed by atoms with Gasteiger partial charge in [0.05, 0.1) is 18.2 Å². The highest BCUT2D eigenvalue weighted by atomic mass is 32.1. The van der Waals surface area contributed by atoms with E-state index in [1.165, 1.54) is 0 Å². The van der Waals surface area contributed by atoms with Crippen molar-refractivity contribution in [2.75, 3.05) is 11.9 Å². The number of amidine groups is 1. The summed E-state index contributed by atoms with van der Waals surface area (Å²) in [5.41, 5.74) is 1.41. The van der Waals surface area contributed by atoms with Gasteiger partial charge in [0.2, 0.25) is 0 Å². The molecule has 1 aromatic carbocycles. The molecular formula is C22H30N4S2. The molecule has 0 aliphatic carbocycles. The lowest BCUT2D eigenvalue weighted by Crippen LogP contribution is -2.28. The minimum Gasteiger partial charge on any atom is -0.341 e.